The Morgan fingerprint density at radius 1 is 1.33 bits per heavy atom. The Bertz CT molecular complexity index is 462. The van der Waals surface area contributed by atoms with E-state index in [-0.39, 0.29) is 17.4 Å². The third-order valence-electron chi connectivity index (χ3n) is 2.92. The van der Waals surface area contributed by atoms with Gasteiger partial charge in [0.25, 0.3) is 0 Å². The van der Waals surface area contributed by atoms with Gasteiger partial charge >= 0.3 is 0 Å². The molecule has 1 aromatic rings. The Morgan fingerprint density at radius 2 is 2.00 bits per heavy atom. The summed E-state index contributed by atoms with van der Waals surface area (Å²) in [6.07, 6.45) is 3.82. The minimum atomic E-state index is -2.94. The molecule has 0 bridgehead atoms. The average Bonchev–Trinajstić information content (AvgIpc) is 2.74. The molecular weight excluding hydrogens is 250 g/mol. The summed E-state index contributed by atoms with van der Waals surface area (Å²) in [6.45, 7) is 6.22. The monoisotopic (exact) mass is 273 g/mol. The Labute approximate surface area is 110 Å². The first-order valence-electron chi connectivity index (χ1n) is 6.40. The molecule has 1 N–H and O–H groups in total. The van der Waals surface area contributed by atoms with E-state index in [1.807, 2.05) is 43.8 Å². The van der Waals surface area contributed by atoms with Crippen molar-refractivity contribution in [2.45, 2.75) is 39.8 Å². The molecule has 5 heteroatoms. The summed E-state index contributed by atoms with van der Waals surface area (Å²) in [4.78, 5) is 0. The molecule has 18 heavy (non-hydrogen) atoms. The van der Waals surface area contributed by atoms with E-state index in [4.69, 9.17) is 0 Å². The van der Waals surface area contributed by atoms with Gasteiger partial charge in [0.05, 0.1) is 11.9 Å². The minimum Gasteiger partial charge on any atom is -0.388 e. The Balaban J connectivity index is 2.60. The van der Waals surface area contributed by atoms with Gasteiger partial charge in [-0.3, -0.25) is 0 Å². The zero-order valence-electron chi connectivity index (χ0n) is 11.3. The fourth-order valence-corrected chi connectivity index (χ4v) is 3.13. The fraction of sp³-hybridized carbons (Fsp3) is 0.692. The molecule has 0 aliphatic heterocycles. The van der Waals surface area contributed by atoms with Crippen LogP contribution in [0.2, 0.25) is 0 Å². The molecule has 0 spiro atoms. The molecule has 0 fully saturated rings. The number of hydrogen-bond acceptors (Lipinski definition) is 3. The molecule has 0 aliphatic carbocycles. The molecule has 0 radical (unpaired) electrons. The van der Waals surface area contributed by atoms with Crippen molar-refractivity contribution >= 4 is 9.84 Å². The van der Waals surface area contributed by atoms with E-state index in [1.165, 1.54) is 0 Å². The highest BCUT2D eigenvalue weighted by Gasteiger charge is 2.14. The van der Waals surface area contributed by atoms with Crippen molar-refractivity contribution in [3.05, 3.63) is 24.0 Å². The first kappa shape index (κ1) is 15.2. The van der Waals surface area contributed by atoms with E-state index < -0.39 is 15.9 Å². The summed E-state index contributed by atoms with van der Waals surface area (Å²) in [6, 6.07) is 1.84. The lowest BCUT2D eigenvalue weighted by molar-refractivity contribution is 0.127. The lowest BCUT2D eigenvalue weighted by atomic mass is 10.0. The topological polar surface area (TPSA) is 59.3 Å². The van der Waals surface area contributed by atoms with Crippen LogP contribution in [-0.4, -0.2) is 29.6 Å². The van der Waals surface area contributed by atoms with E-state index in [9.17, 15) is 13.5 Å². The van der Waals surface area contributed by atoms with Crippen LogP contribution in [0.25, 0.3) is 0 Å². The summed E-state index contributed by atoms with van der Waals surface area (Å²) in [5.41, 5.74) is 0.845. The maximum absolute atomic E-state index is 11.6. The van der Waals surface area contributed by atoms with Gasteiger partial charge in [0.2, 0.25) is 0 Å². The summed E-state index contributed by atoms with van der Waals surface area (Å²) in [5, 5.41) is 9.89. The van der Waals surface area contributed by atoms with Crippen LogP contribution in [0.5, 0.6) is 0 Å². The second-order valence-corrected chi connectivity index (χ2v) is 7.33. The first-order chi connectivity index (χ1) is 8.35. The van der Waals surface area contributed by atoms with Crippen LogP contribution in [0.3, 0.4) is 0 Å². The van der Waals surface area contributed by atoms with Gasteiger partial charge in [0, 0.05) is 24.7 Å². The number of aliphatic hydroxyl groups is 1. The minimum absolute atomic E-state index is 0.157. The van der Waals surface area contributed by atoms with Gasteiger partial charge in [-0.1, -0.05) is 20.8 Å². The largest absolute Gasteiger partial charge is 0.388 e. The van der Waals surface area contributed by atoms with E-state index in [0.717, 1.165) is 5.56 Å². The molecule has 1 aromatic heterocycles. The number of aryl methyl sites for hydroxylation is 1. The summed E-state index contributed by atoms with van der Waals surface area (Å²) < 4.78 is 25.0. The van der Waals surface area contributed by atoms with Crippen LogP contribution in [-0.2, 0) is 16.4 Å². The number of hydrogen-bond donors (Lipinski definition) is 1. The Kier molecular flexibility index (Phi) is 5.41. The third kappa shape index (κ3) is 4.46. The van der Waals surface area contributed by atoms with Crippen LogP contribution in [0.15, 0.2) is 18.5 Å². The highest BCUT2D eigenvalue weighted by molar-refractivity contribution is 7.91. The van der Waals surface area contributed by atoms with Crippen LogP contribution in [0.1, 0.15) is 38.9 Å². The molecule has 104 valence electrons. The molecule has 1 heterocycles. The van der Waals surface area contributed by atoms with Crippen LogP contribution in [0, 0.1) is 5.92 Å². The van der Waals surface area contributed by atoms with Gasteiger partial charge in [0.1, 0.15) is 0 Å². The molecule has 0 saturated carbocycles. The smallest absolute Gasteiger partial charge is 0.152 e. The van der Waals surface area contributed by atoms with E-state index in [0.29, 0.717) is 13.0 Å². The average molecular weight is 273 g/mol. The second-order valence-electron chi connectivity index (χ2n) is 5.02. The lowest BCUT2D eigenvalue weighted by Crippen LogP contribution is -2.15. The third-order valence-corrected chi connectivity index (χ3v) is 4.76. The van der Waals surface area contributed by atoms with Crippen molar-refractivity contribution < 1.29 is 13.5 Å². The normalized spacial score (nSPS) is 14.1. The van der Waals surface area contributed by atoms with Crippen LogP contribution >= 0.6 is 0 Å². The highest BCUT2D eigenvalue weighted by atomic mass is 32.2. The number of nitrogens with zero attached hydrogens (tertiary/aromatic N) is 1. The Morgan fingerprint density at radius 3 is 2.56 bits per heavy atom. The summed E-state index contributed by atoms with van der Waals surface area (Å²) in [5.74, 6) is 0.562. The lowest BCUT2D eigenvalue weighted by Gasteiger charge is -2.12. The van der Waals surface area contributed by atoms with Crippen molar-refractivity contribution in [3.63, 3.8) is 0 Å². The van der Waals surface area contributed by atoms with Crippen LogP contribution < -0.4 is 0 Å². The van der Waals surface area contributed by atoms with Gasteiger partial charge in [-0.2, -0.15) is 0 Å². The van der Waals surface area contributed by atoms with Crippen molar-refractivity contribution in [2.24, 2.45) is 5.92 Å². The number of aromatic nitrogens is 1. The molecule has 1 unspecified atom stereocenters. The highest BCUT2D eigenvalue weighted by Crippen LogP contribution is 2.21. The standard InChI is InChI=1S/C13H23NO3S/c1-4-8-18(16,17)9-7-14-6-5-12(10-14)13(15)11(2)3/h5-6,10-11,13,15H,4,7-9H2,1-3H3. The van der Waals surface area contributed by atoms with Gasteiger partial charge < -0.3 is 9.67 Å². The zero-order valence-corrected chi connectivity index (χ0v) is 12.2. The van der Waals surface area contributed by atoms with E-state index in [2.05, 4.69) is 0 Å². The molecule has 4 nitrogen and oxygen atoms in total. The number of sulfone groups is 1. The van der Waals surface area contributed by atoms with Gasteiger partial charge in [-0.25, -0.2) is 8.42 Å². The predicted octanol–water partition coefficient (Wildman–Crippen LogP) is 2.00. The van der Waals surface area contributed by atoms with Gasteiger partial charge in [0.15, 0.2) is 9.84 Å². The van der Waals surface area contributed by atoms with Gasteiger partial charge in [-0.15, -0.1) is 0 Å². The van der Waals surface area contributed by atoms with Crippen molar-refractivity contribution in [3.8, 4) is 0 Å². The molecule has 0 aliphatic rings. The summed E-state index contributed by atoms with van der Waals surface area (Å²) in [7, 11) is -2.94. The first-order valence-corrected chi connectivity index (χ1v) is 8.22. The van der Waals surface area contributed by atoms with Crippen molar-refractivity contribution in [1.82, 2.24) is 4.57 Å². The number of aliphatic hydroxyl groups excluding tert-OH is 1. The SMILES string of the molecule is CCCS(=O)(=O)CCn1ccc(C(O)C(C)C)c1. The second kappa shape index (κ2) is 6.38. The fourth-order valence-electron chi connectivity index (χ4n) is 1.82. The molecule has 0 aromatic carbocycles. The predicted molar refractivity (Wildman–Crippen MR) is 73.2 cm³/mol. The Hall–Kier alpha value is -0.810. The molecule has 0 amide bonds. The van der Waals surface area contributed by atoms with Crippen molar-refractivity contribution in [2.75, 3.05) is 11.5 Å². The van der Waals surface area contributed by atoms with Crippen molar-refractivity contribution in [1.29, 1.82) is 0 Å². The maximum atomic E-state index is 11.6. The quantitative estimate of drug-likeness (QED) is 0.826. The van der Waals surface area contributed by atoms with E-state index in [1.54, 1.807) is 0 Å². The maximum Gasteiger partial charge on any atom is 0.152 e. The molecule has 0 saturated heterocycles. The molecule has 1 rings (SSSR count). The van der Waals surface area contributed by atoms with E-state index >= 15 is 0 Å². The molecule has 1 atom stereocenters. The van der Waals surface area contributed by atoms with Gasteiger partial charge in [-0.05, 0) is 24.0 Å². The molecular formula is C13H23NO3S. The number of rotatable bonds is 7. The van der Waals surface area contributed by atoms with Crippen LogP contribution in [0.4, 0.5) is 0 Å². The summed E-state index contributed by atoms with van der Waals surface area (Å²) >= 11 is 0. The zero-order chi connectivity index (χ0) is 13.8.